The number of nitrogens with one attached hydrogen (secondary N) is 1. The van der Waals surface area contributed by atoms with Crippen molar-refractivity contribution in [2.45, 2.75) is 19.4 Å². The number of ether oxygens (including phenoxy) is 3. The first-order valence-electron chi connectivity index (χ1n) is 9.62. The Hall–Kier alpha value is -2.58. The number of amides is 1. The molecule has 0 spiro atoms. The van der Waals surface area contributed by atoms with Gasteiger partial charge in [-0.15, -0.1) is 0 Å². The van der Waals surface area contributed by atoms with E-state index in [-0.39, 0.29) is 18.1 Å². The number of aliphatic hydroxyl groups is 1. The Morgan fingerprint density at radius 1 is 1.25 bits per heavy atom. The number of rotatable bonds is 6. The van der Waals surface area contributed by atoms with Gasteiger partial charge in [-0.05, 0) is 24.6 Å². The molecule has 1 amide bonds. The van der Waals surface area contributed by atoms with Crippen LogP contribution < -0.4 is 14.4 Å². The van der Waals surface area contributed by atoms with Crippen molar-refractivity contribution in [2.24, 2.45) is 0 Å². The van der Waals surface area contributed by atoms with Gasteiger partial charge in [-0.1, -0.05) is 6.07 Å². The maximum absolute atomic E-state index is 12.7. The molecular formula is C20H25N2O6+. The standard InChI is InChI=1S/C20H24N2O6/c1-13(23)17-18(14-3-4-15-16(11-14)28-12-27-15)22(20(25)19(17)24)6-2-5-21-7-9-26-10-8-21/h3-4,11,18,24H,2,5-10,12H2,1H3/p+1/t18-/m0/s1. The first-order chi connectivity index (χ1) is 13.6. The Bertz CT molecular complexity index is 815. The minimum atomic E-state index is -0.612. The van der Waals surface area contributed by atoms with Gasteiger partial charge in [0.05, 0.1) is 31.4 Å². The lowest BCUT2D eigenvalue weighted by atomic mass is 9.96. The molecule has 4 rings (SSSR count). The van der Waals surface area contributed by atoms with E-state index in [0.717, 1.165) is 44.8 Å². The Balaban J connectivity index is 1.55. The highest BCUT2D eigenvalue weighted by Crippen LogP contribution is 2.41. The fourth-order valence-electron chi connectivity index (χ4n) is 4.08. The predicted molar refractivity (Wildman–Crippen MR) is 98.4 cm³/mol. The van der Waals surface area contributed by atoms with E-state index in [1.165, 1.54) is 11.8 Å². The molecule has 1 atom stereocenters. The molecule has 0 unspecified atom stereocenters. The molecule has 1 aromatic carbocycles. The van der Waals surface area contributed by atoms with Crippen LogP contribution in [-0.4, -0.2) is 67.9 Å². The molecule has 28 heavy (non-hydrogen) atoms. The fraction of sp³-hybridized carbons (Fsp3) is 0.500. The number of quaternary nitrogens is 1. The van der Waals surface area contributed by atoms with Crippen LogP contribution in [0, 0.1) is 0 Å². The molecule has 1 aromatic rings. The largest absolute Gasteiger partial charge is 0.503 e. The third-order valence-corrected chi connectivity index (χ3v) is 5.52. The van der Waals surface area contributed by atoms with Gasteiger partial charge in [0.25, 0.3) is 5.91 Å². The highest BCUT2D eigenvalue weighted by molar-refractivity contribution is 6.08. The zero-order valence-electron chi connectivity index (χ0n) is 15.9. The lowest BCUT2D eigenvalue weighted by Crippen LogP contribution is -3.14. The number of morpholine rings is 1. The quantitative estimate of drug-likeness (QED) is 0.712. The van der Waals surface area contributed by atoms with Gasteiger partial charge in [0.1, 0.15) is 13.1 Å². The summed E-state index contributed by atoms with van der Waals surface area (Å²) in [6, 6.07) is 4.75. The van der Waals surface area contributed by atoms with Gasteiger partial charge in [0.15, 0.2) is 23.0 Å². The molecule has 3 aliphatic rings. The van der Waals surface area contributed by atoms with E-state index in [2.05, 4.69) is 0 Å². The van der Waals surface area contributed by atoms with Crippen LogP contribution in [0.5, 0.6) is 11.5 Å². The third kappa shape index (κ3) is 3.45. The molecule has 1 saturated heterocycles. The Kier molecular flexibility index (Phi) is 5.23. The van der Waals surface area contributed by atoms with Crippen molar-refractivity contribution in [2.75, 3.05) is 46.2 Å². The number of benzene rings is 1. The minimum Gasteiger partial charge on any atom is -0.503 e. The van der Waals surface area contributed by atoms with Crippen LogP contribution in [0.3, 0.4) is 0 Å². The van der Waals surface area contributed by atoms with Crippen molar-refractivity contribution >= 4 is 11.7 Å². The summed E-state index contributed by atoms with van der Waals surface area (Å²) in [6.45, 7) is 6.34. The van der Waals surface area contributed by atoms with E-state index in [1.807, 2.05) is 6.07 Å². The molecule has 1 fully saturated rings. The van der Waals surface area contributed by atoms with Crippen molar-refractivity contribution in [1.29, 1.82) is 0 Å². The number of hydrogen-bond acceptors (Lipinski definition) is 6. The molecule has 0 aromatic heterocycles. The Morgan fingerprint density at radius 2 is 2.00 bits per heavy atom. The molecule has 8 heteroatoms. The zero-order chi connectivity index (χ0) is 19.7. The van der Waals surface area contributed by atoms with Crippen molar-refractivity contribution in [3.05, 3.63) is 35.1 Å². The summed E-state index contributed by atoms with van der Waals surface area (Å²) in [7, 11) is 0. The first-order valence-corrected chi connectivity index (χ1v) is 9.62. The molecular weight excluding hydrogens is 364 g/mol. The second-order valence-electron chi connectivity index (χ2n) is 7.30. The van der Waals surface area contributed by atoms with Crippen molar-refractivity contribution in [1.82, 2.24) is 4.90 Å². The van der Waals surface area contributed by atoms with Crippen molar-refractivity contribution < 1.29 is 33.8 Å². The number of hydrogen-bond donors (Lipinski definition) is 2. The van der Waals surface area contributed by atoms with Gasteiger partial charge in [-0.3, -0.25) is 9.59 Å². The van der Waals surface area contributed by atoms with E-state index in [4.69, 9.17) is 14.2 Å². The maximum Gasteiger partial charge on any atom is 0.290 e. The predicted octanol–water partition coefficient (Wildman–Crippen LogP) is 0.00490. The van der Waals surface area contributed by atoms with Gasteiger partial charge in [-0.2, -0.15) is 0 Å². The normalized spacial score (nSPS) is 22.2. The van der Waals surface area contributed by atoms with Gasteiger partial charge in [-0.25, -0.2) is 0 Å². The molecule has 8 nitrogen and oxygen atoms in total. The zero-order valence-corrected chi connectivity index (χ0v) is 15.9. The molecule has 3 aliphatic heterocycles. The summed E-state index contributed by atoms with van der Waals surface area (Å²) in [4.78, 5) is 28.0. The highest BCUT2D eigenvalue weighted by Gasteiger charge is 2.42. The van der Waals surface area contributed by atoms with Crippen LogP contribution in [0.15, 0.2) is 29.5 Å². The van der Waals surface area contributed by atoms with E-state index in [1.54, 1.807) is 17.0 Å². The number of ketones is 1. The van der Waals surface area contributed by atoms with Gasteiger partial charge in [0.2, 0.25) is 6.79 Å². The number of Topliss-reactive ketones (excluding diaryl/α,β-unsaturated/α-hetero) is 1. The summed E-state index contributed by atoms with van der Waals surface area (Å²) >= 11 is 0. The Labute approximate surface area is 163 Å². The lowest BCUT2D eigenvalue weighted by Gasteiger charge is -2.28. The number of carbonyl (C=O) groups excluding carboxylic acids is 2. The van der Waals surface area contributed by atoms with Crippen molar-refractivity contribution in [3.63, 3.8) is 0 Å². The lowest BCUT2D eigenvalue weighted by molar-refractivity contribution is -0.908. The summed E-state index contributed by atoms with van der Waals surface area (Å²) in [6.07, 6.45) is 0.778. The van der Waals surface area contributed by atoms with Gasteiger partial charge in [0, 0.05) is 13.0 Å². The summed E-state index contributed by atoms with van der Waals surface area (Å²) < 4.78 is 16.2. The SMILES string of the molecule is CC(=O)C1=C(O)C(=O)N(CCC[NH+]2CCOCC2)[C@H]1c1ccc2c(c1)OCO2. The molecule has 0 aliphatic carbocycles. The average molecular weight is 389 g/mol. The molecule has 0 saturated carbocycles. The smallest absolute Gasteiger partial charge is 0.290 e. The first kappa shape index (κ1) is 18.8. The average Bonchev–Trinajstić information content (AvgIpc) is 3.26. The van der Waals surface area contributed by atoms with E-state index in [9.17, 15) is 14.7 Å². The monoisotopic (exact) mass is 389 g/mol. The van der Waals surface area contributed by atoms with Crippen LogP contribution in [0.1, 0.15) is 24.9 Å². The topological polar surface area (TPSA) is 89.7 Å². The summed E-state index contributed by atoms with van der Waals surface area (Å²) in [5.41, 5.74) is 0.869. The fourth-order valence-corrected chi connectivity index (χ4v) is 4.08. The number of aliphatic hydroxyl groups excluding tert-OH is 1. The molecule has 0 bridgehead atoms. The molecule has 3 heterocycles. The Morgan fingerprint density at radius 3 is 2.75 bits per heavy atom. The summed E-state index contributed by atoms with van der Waals surface area (Å²) in [5.74, 6) is -0.0429. The van der Waals surface area contributed by atoms with Crippen molar-refractivity contribution in [3.8, 4) is 11.5 Å². The molecule has 2 N–H and O–H groups in total. The second-order valence-corrected chi connectivity index (χ2v) is 7.30. The van der Waals surface area contributed by atoms with E-state index >= 15 is 0 Å². The van der Waals surface area contributed by atoms with E-state index in [0.29, 0.717) is 18.0 Å². The van der Waals surface area contributed by atoms with Crippen LogP contribution in [0.2, 0.25) is 0 Å². The third-order valence-electron chi connectivity index (χ3n) is 5.52. The number of nitrogens with zero attached hydrogens (tertiary/aromatic N) is 1. The highest BCUT2D eigenvalue weighted by atomic mass is 16.7. The number of carbonyl (C=O) groups is 2. The molecule has 0 radical (unpaired) electrons. The second kappa shape index (κ2) is 7.81. The van der Waals surface area contributed by atoms with Gasteiger partial charge < -0.3 is 29.1 Å². The van der Waals surface area contributed by atoms with Crippen LogP contribution >= 0.6 is 0 Å². The summed E-state index contributed by atoms with van der Waals surface area (Å²) in [5, 5.41) is 10.4. The molecule has 150 valence electrons. The van der Waals surface area contributed by atoms with Gasteiger partial charge >= 0.3 is 0 Å². The van der Waals surface area contributed by atoms with Crippen LogP contribution in [0.4, 0.5) is 0 Å². The maximum atomic E-state index is 12.7. The van der Waals surface area contributed by atoms with E-state index < -0.39 is 17.7 Å². The van der Waals surface area contributed by atoms with Crippen LogP contribution in [-0.2, 0) is 14.3 Å². The number of fused-ring (bicyclic) bond motifs is 1. The van der Waals surface area contributed by atoms with Crippen LogP contribution in [0.25, 0.3) is 0 Å². The minimum absolute atomic E-state index is 0.141.